The Bertz CT molecular complexity index is 948. The lowest BCUT2D eigenvalue weighted by Crippen LogP contribution is -2.54. The van der Waals surface area contributed by atoms with Gasteiger partial charge in [0.2, 0.25) is 0 Å². The van der Waals surface area contributed by atoms with E-state index in [4.69, 9.17) is 18.9 Å². The van der Waals surface area contributed by atoms with Crippen LogP contribution in [0.5, 0.6) is 0 Å². The Morgan fingerprint density at radius 1 is 0.943 bits per heavy atom. The molecule has 6 atom stereocenters. The van der Waals surface area contributed by atoms with E-state index in [0.717, 1.165) is 50.5 Å². The quantitative estimate of drug-likeness (QED) is 0.442. The van der Waals surface area contributed by atoms with Gasteiger partial charge >= 0.3 is 0 Å². The van der Waals surface area contributed by atoms with Crippen LogP contribution in [0.15, 0.2) is 35.4 Å². The number of aliphatic hydroxyl groups is 2. The lowest BCUT2D eigenvalue weighted by Gasteiger charge is -2.56. The van der Waals surface area contributed by atoms with Crippen LogP contribution in [0.2, 0.25) is 0 Å². The fraction of sp³-hybridized carbons (Fsp3) is 0.724. The van der Waals surface area contributed by atoms with Crippen molar-refractivity contribution in [1.29, 1.82) is 0 Å². The van der Waals surface area contributed by atoms with Gasteiger partial charge in [0.05, 0.1) is 11.7 Å². The maximum absolute atomic E-state index is 12.0. The molecule has 2 unspecified atom stereocenters. The molecule has 194 valence electrons. The molecule has 1 aromatic carbocycles. The average molecular weight is 487 g/mol. The van der Waals surface area contributed by atoms with Crippen LogP contribution in [-0.4, -0.2) is 56.1 Å². The van der Waals surface area contributed by atoms with Crippen molar-refractivity contribution in [1.82, 2.24) is 0 Å². The number of methoxy groups -OCH3 is 4. The van der Waals surface area contributed by atoms with Crippen LogP contribution in [0, 0.1) is 17.3 Å². The van der Waals surface area contributed by atoms with Gasteiger partial charge in [-0.05, 0) is 66.9 Å². The standard InChI is InChI=1S/C29H42O6/c1-27-16-21(18-6-8-19(9-7-18)26(32-2)33-3)25-20(22(27)10-11-24(27)30)12-14-28(31)17-29(34-4,35-5)15-13-23(25)28/h6-9,20-22,24,26,30-31H,10-17H2,1-5H3/t20?,21-,22?,24+,27+,28-/m1/s1. The molecule has 0 saturated heterocycles. The molecule has 0 aliphatic heterocycles. The van der Waals surface area contributed by atoms with Crippen molar-refractivity contribution in [3.8, 4) is 0 Å². The van der Waals surface area contributed by atoms with Gasteiger partial charge in [0.1, 0.15) is 0 Å². The van der Waals surface area contributed by atoms with E-state index in [1.54, 1.807) is 28.4 Å². The van der Waals surface area contributed by atoms with Gasteiger partial charge in [0.15, 0.2) is 12.1 Å². The van der Waals surface area contributed by atoms with Crippen molar-refractivity contribution >= 4 is 0 Å². The highest BCUT2D eigenvalue weighted by molar-refractivity contribution is 5.44. The first-order valence-electron chi connectivity index (χ1n) is 13.1. The average Bonchev–Trinajstić information content (AvgIpc) is 3.17. The molecule has 4 aliphatic carbocycles. The SMILES string of the molecule is COC(OC)c1ccc([C@H]2C[C@@]3(C)C(CC[C@@H]3O)C3CC[C@@]4(O)CC(OC)(OC)CCC4=C32)cc1. The van der Waals surface area contributed by atoms with E-state index in [1.165, 1.54) is 16.7 Å². The second-order valence-electron chi connectivity index (χ2n) is 11.5. The summed E-state index contributed by atoms with van der Waals surface area (Å²) in [6, 6.07) is 8.55. The molecular weight excluding hydrogens is 444 g/mol. The molecule has 6 heteroatoms. The number of fused-ring (bicyclic) bond motifs is 4. The third-order valence-corrected chi connectivity index (χ3v) is 10.1. The molecule has 6 nitrogen and oxygen atoms in total. The van der Waals surface area contributed by atoms with Gasteiger partial charge in [-0.2, -0.15) is 0 Å². The van der Waals surface area contributed by atoms with Crippen molar-refractivity contribution in [3.63, 3.8) is 0 Å². The van der Waals surface area contributed by atoms with Crippen LogP contribution in [-0.2, 0) is 18.9 Å². The third-order valence-electron chi connectivity index (χ3n) is 10.1. The van der Waals surface area contributed by atoms with E-state index >= 15 is 0 Å². The van der Waals surface area contributed by atoms with Crippen molar-refractivity contribution < 1.29 is 29.2 Å². The highest BCUT2D eigenvalue weighted by atomic mass is 16.7. The van der Waals surface area contributed by atoms with Crippen molar-refractivity contribution in [3.05, 3.63) is 46.5 Å². The van der Waals surface area contributed by atoms with Gasteiger partial charge in [-0.15, -0.1) is 0 Å². The van der Waals surface area contributed by atoms with Crippen LogP contribution in [0.25, 0.3) is 0 Å². The number of ether oxygens (including phenoxy) is 4. The summed E-state index contributed by atoms with van der Waals surface area (Å²) in [4.78, 5) is 0. The Kier molecular flexibility index (Phi) is 6.69. The van der Waals surface area contributed by atoms with E-state index in [0.29, 0.717) is 18.3 Å². The molecule has 35 heavy (non-hydrogen) atoms. The largest absolute Gasteiger partial charge is 0.393 e. The van der Waals surface area contributed by atoms with Crippen LogP contribution >= 0.6 is 0 Å². The minimum Gasteiger partial charge on any atom is -0.393 e. The van der Waals surface area contributed by atoms with Crippen molar-refractivity contribution in [2.75, 3.05) is 28.4 Å². The maximum Gasteiger partial charge on any atom is 0.183 e. The molecule has 0 heterocycles. The van der Waals surface area contributed by atoms with Gasteiger partial charge in [-0.25, -0.2) is 0 Å². The predicted molar refractivity (Wildman–Crippen MR) is 133 cm³/mol. The number of rotatable bonds is 6. The van der Waals surface area contributed by atoms with Crippen LogP contribution in [0.4, 0.5) is 0 Å². The summed E-state index contributed by atoms with van der Waals surface area (Å²) in [7, 11) is 6.66. The van der Waals surface area contributed by atoms with Gasteiger partial charge in [-0.3, -0.25) is 0 Å². The summed E-state index contributed by atoms with van der Waals surface area (Å²) < 4.78 is 22.5. The maximum atomic E-state index is 12.0. The smallest absolute Gasteiger partial charge is 0.183 e. The van der Waals surface area contributed by atoms with Crippen LogP contribution in [0.1, 0.15) is 81.6 Å². The zero-order chi connectivity index (χ0) is 25.0. The van der Waals surface area contributed by atoms with Crippen molar-refractivity contribution in [2.24, 2.45) is 17.3 Å². The first-order valence-corrected chi connectivity index (χ1v) is 13.1. The van der Waals surface area contributed by atoms with E-state index in [1.807, 2.05) is 0 Å². The molecule has 2 N–H and O–H groups in total. The van der Waals surface area contributed by atoms with E-state index in [-0.39, 0.29) is 17.4 Å². The first-order chi connectivity index (χ1) is 16.7. The zero-order valence-corrected chi connectivity index (χ0v) is 21.9. The van der Waals surface area contributed by atoms with Crippen LogP contribution in [0.3, 0.4) is 0 Å². The van der Waals surface area contributed by atoms with E-state index in [2.05, 4.69) is 31.2 Å². The summed E-state index contributed by atoms with van der Waals surface area (Å²) in [5.74, 6) is 0.299. The summed E-state index contributed by atoms with van der Waals surface area (Å²) in [6.45, 7) is 2.30. The summed E-state index contributed by atoms with van der Waals surface area (Å²) >= 11 is 0. The molecule has 0 radical (unpaired) electrons. The highest BCUT2D eigenvalue weighted by Gasteiger charge is 2.59. The Morgan fingerprint density at radius 3 is 2.26 bits per heavy atom. The normalized spacial score (nSPS) is 38.3. The first kappa shape index (κ1) is 25.4. The Morgan fingerprint density at radius 2 is 1.63 bits per heavy atom. The second-order valence-corrected chi connectivity index (χ2v) is 11.5. The molecule has 0 aromatic heterocycles. The van der Waals surface area contributed by atoms with E-state index in [9.17, 15) is 10.2 Å². The Labute approximate surface area is 209 Å². The molecule has 3 saturated carbocycles. The van der Waals surface area contributed by atoms with E-state index < -0.39 is 17.7 Å². The summed E-state index contributed by atoms with van der Waals surface area (Å²) in [6.07, 6.45) is 5.83. The monoisotopic (exact) mass is 486 g/mol. The number of hydrogen-bond donors (Lipinski definition) is 2. The molecule has 1 aromatic rings. The predicted octanol–water partition coefficient (Wildman–Crippen LogP) is 4.85. The van der Waals surface area contributed by atoms with Crippen molar-refractivity contribution in [2.45, 2.75) is 88.0 Å². The summed E-state index contributed by atoms with van der Waals surface area (Å²) in [5, 5.41) is 23.1. The fourth-order valence-electron chi connectivity index (χ4n) is 8.23. The molecule has 5 rings (SSSR count). The lowest BCUT2D eigenvalue weighted by molar-refractivity contribution is -0.246. The van der Waals surface area contributed by atoms with Gasteiger partial charge in [0.25, 0.3) is 0 Å². The molecule has 4 aliphatic rings. The van der Waals surface area contributed by atoms with Crippen LogP contribution < -0.4 is 0 Å². The Balaban J connectivity index is 1.60. The Hall–Kier alpha value is -1.28. The minimum atomic E-state index is -0.906. The number of aliphatic hydroxyl groups excluding tert-OH is 1. The zero-order valence-electron chi connectivity index (χ0n) is 21.9. The van der Waals surface area contributed by atoms with Gasteiger partial charge in [-0.1, -0.05) is 36.8 Å². The lowest BCUT2D eigenvalue weighted by atomic mass is 9.51. The molecular formula is C29H42O6. The highest BCUT2D eigenvalue weighted by Crippen LogP contribution is 2.65. The van der Waals surface area contributed by atoms with Gasteiger partial charge in [0, 0.05) is 52.8 Å². The molecule has 3 fully saturated rings. The van der Waals surface area contributed by atoms with Gasteiger partial charge < -0.3 is 29.2 Å². The fourth-order valence-corrected chi connectivity index (χ4v) is 8.23. The number of benzene rings is 1. The number of allylic oxidation sites excluding steroid dienone is 1. The third kappa shape index (κ3) is 3.92. The summed E-state index contributed by atoms with van der Waals surface area (Å²) in [5.41, 5.74) is 3.85. The molecule has 0 amide bonds. The topological polar surface area (TPSA) is 77.4 Å². The minimum absolute atomic E-state index is 0.105. The molecule has 0 spiro atoms. The molecule has 0 bridgehead atoms. The second kappa shape index (κ2) is 9.23. The number of hydrogen-bond acceptors (Lipinski definition) is 6.